The number of ether oxygens (including phenoxy) is 1. The molecule has 0 radical (unpaired) electrons. The Balaban J connectivity index is 1.85. The molecule has 0 bridgehead atoms. The fourth-order valence-corrected chi connectivity index (χ4v) is 4.17. The Morgan fingerprint density at radius 2 is 1.97 bits per heavy atom. The fraction of sp³-hybridized carbons (Fsp3) is 0.417. The first-order valence-electron chi connectivity index (χ1n) is 10.8. The number of nitrogens with one attached hydrogen (secondary N) is 1. The summed E-state index contributed by atoms with van der Waals surface area (Å²) in [6.07, 6.45) is 1.58. The number of methoxy groups -OCH3 is 1. The molecule has 1 aliphatic heterocycles. The lowest BCUT2D eigenvalue weighted by atomic mass is 9.85. The highest BCUT2D eigenvalue weighted by molar-refractivity contribution is 5.99. The Morgan fingerprint density at radius 1 is 1.27 bits per heavy atom. The van der Waals surface area contributed by atoms with Crippen LogP contribution in [0.2, 0.25) is 0 Å². The molecule has 0 unspecified atom stereocenters. The lowest BCUT2D eigenvalue weighted by Gasteiger charge is -2.40. The van der Waals surface area contributed by atoms with Gasteiger partial charge in [-0.05, 0) is 44.2 Å². The van der Waals surface area contributed by atoms with Crippen molar-refractivity contribution in [2.45, 2.75) is 38.6 Å². The quantitative estimate of drug-likeness (QED) is 0.642. The van der Waals surface area contributed by atoms with E-state index in [-0.39, 0.29) is 23.3 Å². The predicted molar refractivity (Wildman–Crippen MR) is 121 cm³/mol. The summed E-state index contributed by atoms with van der Waals surface area (Å²) in [6.45, 7) is 8.68. The molecule has 0 saturated carbocycles. The van der Waals surface area contributed by atoms with Crippen molar-refractivity contribution >= 4 is 17.5 Å². The van der Waals surface area contributed by atoms with E-state index in [0.717, 1.165) is 11.1 Å². The third kappa shape index (κ3) is 4.08. The van der Waals surface area contributed by atoms with Crippen LogP contribution in [0.5, 0.6) is 0 Å². The highest BCUT2D eigenvalue weighted by Gasteiger charge is 2.41. The topological polar surface area (TPSA) is 88.8 Å². The second kappa shape index (κ2) is 8.22. The van der Waals surface area contributed by atoms with Crippen LogP contribution in [0, 0.1) is 5.82 Å². The number of amides is 2. The first-order chi connectivity index (χ1) is 15.5. The van der Waals surface area contributed by atoms with Crippen LogP contribution in [0.25, 0.3) is 16.9 Å². The zero-order valence-electron chi connectivity index (χ0n) is 19.5. The molecule has 1 aliphatic rings. The maximum Gasteiger partial charge on any atom is 0.275 e. The zero-order chi connectivity index (χ0) is 24.0. The lowest BCUT2D eigenvalue weighted by molar-refractivity contribution is -0.133. The fourth-order valence-electron chi connectivity index (χ4n) is 4.17. The second-order valence-electron chi connectivity index (χ2n) is 9.43. The van der Waals surface area contributed by atoms with Crippen molar-refractivity contribution in [3.05, 3.63) is 53.6 Å². The standard InChI is InChI=1S/C24H28FN5O3/c1-23(2,14-33-5)17-12-18(15-6-8-16(25)9-7-15)28-30-13-19(27-20(17)30)21(31)29-11-10-26-22(32)24(29,3)4/h6-9,12-13H,10-11,14H2,1-5H3,(H,26,32). The monoisotopic (exact) mass is 453 g/mol. The van der Waals surface area contributed by atoms with E-state index in [2.05, 4.69) is 15.4 Å². The molecule has 1 saturated heterocycles. The number of carbonyl (C=O) groups excluding carboxylic acids is 2. The predicted octanol–water partition coefficient (Wildman–Crippen LogP) is 2.81. The number of fused-ring (bicyclic) bond motifs is 1. The van der Waals surface area contributed by atoms with Gasteiger partial charge in [0.05, 0.1) is 18.5 Å². The minimum atomic E-state index is -0.990. The largest absolute Gasteiger partial charge is 0.384 e. The Kier molecular flexibility index (Phi) is 5.69. The van der Waals surface area contributed by atoms with Crippen molar-refractivity contribution in [1.82, 2.24) is 24.8 Å². The third-order valence-corrected chi connectivity index (χ3v) is 6.12. The van der Waals surface area contributed by atoms with E-state index in [0.29, 0.717) is 31.0 Å². The van der Waals surface area contributed by atoms with Gasteiger partial charge in [-0.15, -0.1) is 0 Å². The van der Waals surface area contributed by atoms with Crippen molar-refractivity contribution in [2.24, 2.45) is 0 Å². The van der Waals surface area contributed by atoms with Crippen molar-refractivity contribution in [2.75, 3.05) is 26.8 Å². The van der Waals surface area contributed by atoms with E-state index in [1.807, 2.05) is 19.9 Å². The molecule has 0 spiro atoms. The molecule has 8 nitrogen and oxygen atoms in total. The number of carbonyl (C=O) groups is 2. The summed E-state index contributed by atoms with van der Waals surface area (Å²) in [5, 5.41) is 7.45. The molecule has 3 heterocycles. The van der Waals surface area contributed by atoms with Crippen molar-refractivity contribution in [1.29, 1.82) is 0 Å². The summed E-state index contributed by atoms with van der Waals surface area (Å²) in [5.41, 5.74) is 1.51. The normalized spacial score (nSPS) is 16.2. The summed E-state index contributed by atoms with van der Waals surface area (Å²) < 4.78 is 20.5. The van der Waals surface area contributed by atoms with Crippen LogP contribution < -0.4 is 5.32 Å². The minimum Gasteiger partial charge on any atom is -0.384 e. The van der Waals surface area contributed by atoms with Gasteiger partial charge in [0.25, 0.3) is 5.91 Å². The van der Waals surface area contributed by atoms with Gasteiger partial charge in [0.15, 0.2) is 5.65 Å². The molecule has 33 heavy (non-hydrogen) atoms. The Labute approximate surface area is 191 Å². The number of imidazole rings is 1. The molecule has 3 aromatic rings. The molecule has 1 N–H and O–H groups in total. The molecule has 1 aromatic carbocycles. The van der Waals surface area contributed by atoms with Gasteiger partial charge in [-0.1, -0.05) is 13.8 Å². The zero-order valence-corrected chi connectivity index (χ0v) is 19.5. The molecular weight excluding hydrogens is 425 g/mol. The molecule has 1 fully saturated rings. The summed E-state index contributed by atoms with van der Waals surface area (Å²) in [6, 6.07) is 7.99. The smallest absolute Gasteiger partial charge is 0.275 e. The van der Waals surface area contributed by atoms with Gasteiger partial charge in [-0.3, -0.25) is 9.59 Å². The van der Waals surface area contributed by atoms with Gasteiger partial charge in [0.1, 0.15) is 17.1 Å². The Bertz CT molecular complexity index is 1220. The molecular formula is C24H28FN5O3. The van der Waals surface area contributed by atoms with Crippen LogP contribution in [0.3, 0.4) is 0 Å². The van der Waals surface area contributed by atoms with Gasteiger partial charge in [-0.25, -0.2) is 13.9 Å². The number of nitrogens with zero attached hydrogens (tertiary/aromatic N) is 4. The second-order valence-corrected chi connectivity index (χ2v) is 9.43. The van der Waals surface area contributed by atoms with E-state index in [9.17, 15) is 14.0 Å². The van der Waals surface area contributed by atoms with Crippen molar-refractivity contribution in [3.63, 3.8) is 0 Å². The van der Waals surface area contributed by atoms with Gasteiger partial charge in [0.2, 0.25) is 5.91 Å². The van der Waals surface area contributed by atoms with Gasteiger partial charge < -0.3 is 15.0 Å². The number of aromatic nitrogens is 3. The SMILES string of the molecule is COCC(C)(C)c1cc(-c2ccc(F)cc2)nn2cc(C(=O)N3CCNC(=O)C3(C)C)nc12. The highest BCUT2D eigenvalue weighted by atomic mass is 19.1. The summed E-state index contributed by atoms with van der Waals surface area (Å²) >= 11 is 0. The number of hydrogen-bond acceptors (Lipinski definition) is 5. The number of benzene rings is 1. The van der Waals surface area contributed by atoms with E-state index < -0.39 is 11.0 Å². The van der Waals surface area contributed by atoms with Crippen molar-refractivity contribution in [3.8, 4) is 11.3 Å². The molecule has 9 heteroatoms. The number of piperazine rings is 1. The summed E-state index contributed by atoms with van der Waals surface area (Å²) in [4.78, 5) is 31.9. The molecule has 0 aliphatic carbocycles. The third-order valence-electron chi connectivity index (χ3n) is 6.12. The average Bonchev–Trinajstić information content (AvgIpc) is 3.19. The molecule has 2 amide bonds. The maximum atomic E-state index is 13.5. The molecule has 174 valence electrons. The maximum absolute atomic E-state index is 13.5. The van der Waals surface area contributed by atoms with Crippen LogP contribution in [0.4, 0.5) is 4.39 Å². The highest BCUT2D eigenvalue weighted by Crippen LogP contribution is 2.31. The van der Waals surface area contributed by atoms with Crippen molar-refractivity contribution < 1.29 is 18.7 Å². The number of hydrogen-bond donors (Lipinski definition) is 1. The molecule has 4 rings (SSSR count). The first kappa shape index (κ1) is 22.8. The van der Waals surface area contributed by atoms with Gasteiger partial charge >= 0.3 is 0 Å². The van der Waals surface area contributed by atoms with Crippen LogP contribution in [0.15, 0.2) is 36.5 Å². The van der Waals surface area contributed by atoms with Crippen LogP contribution in [0.1, 0.15) is 43.7 Å². The summed E-state index contributed by atoms with van der Waals surface area (Å²) in [7, 11) is 1.63. The van der Waals surface area contributed by atoms with Crippen LogP contribution >= 0.6 is 0 Å². The lowest BCUT2D eigenvalue weighted by Crippen LogP contribution is -2.63. The Morgan fingerprint density at radius 3 is 2.64 bits per heavy atom. The van der Waals surface area contributed by atoms with E-state index in [1.54, 1.807) is 43.8 Å². The van der Waals surface area contributed by atoms with Gasteiger partial charge in [0, 0.05) is 36.7 Å². The molecule has 0 atom stereocenters. The van der Waals surface area contributed by atoms with Gasteiger partial charge in [-0.2, -0.15) is 5.10 Å². The van der Waals surface area contributed by atoms with Crippen LogP contribution in [-0.2, 0) is 14.9 Å². The number of rotatable bonds is 5. The number of halogens is 1. The first-order valence-corrected chi connectivity index (χ1v) is 10.8. The van der Waals surface area contributed by atoms with Crippen LogP contribution in [-0.4, -0.2) is 63.7 Å². The van der Waals surface area contributed by atoms with E-state index >= 15 is 0 Å². The molecule has 2 aromatic heterocycles. The van der Waals surface area contributed by atoms with E-state index in [4.69, 9.17) is 4.74 Å². The average molecular weight is 454 g/mol. The minimum absolute atomic E-state index is 0.204. The van der Waals surface area contributed by atoms with E-state index in [1.165, 1.54) is 17.0 Å². The summed E-state index contributed by atoms with van der Waals surface area (Å²) in [5.74, 6) is -0.868. The Hall–Kier alpha value is -3.33.